The van der Waals surface area contributed by atoms with Crippen LogP contribution in [-0.4, -0.2) is 21.7 Å². The van der Waals surface area contributed by atoms with Gasteiger partial charge in [-0.1, -0.05) is 51.3 Å². The molecule has 0 fully saturated rings. The number of aryl methyl sites for hydroxylation is 6. The highest BCUT2D eigenvalue weighted by molar-refractivity contribution is 6.97. The van der Waals surface area contributed by atoms with Gasteiger partial charge in [-0.3, -0.25) is 15.0 Å². The molecule has 0 atom stereocenters. The van der Waals surface area contributed by atoms with Gasteiger partial charge in [-0.25, -0.2) is 0 Å². The van der Waals surface area contributed by atoms with E-state index in [1.807, 2.05) is 37.2 Å². The highest BCUT2D eigenvalue weighted by Gasteiger charge is 2.35. The average Bonchev–Trinajstić information content (AvgIpc) is 3.09. The molecule has 6 aromatic rings. The average molecular weight is 642 g/mol. The van der Waals surface area contributed by atoms with Crippen LogP contribution in [0.1, 0.15) is 83.5 Å². The molecule has 3 aromatic heterocycles. The highest BCUT2D eigenvalue weighted by Crippen LogP contribution is 2.26. The van der Waals surface area contributed by atoms with Crippen LogP contribution in [0.3, 0.4) is 0 Å². The minimum atomic E-state index is 0.0290. The predicted octanol–water partition coefficient (Wildman–Crippen LogP) is 7.94. The van der Waals surface area contributed by atoms with E-state index in [0.717, 1.165) is 19.3 Å². The van der Waals surface area contributed by atoms with Crippen molar-refractivity contribution in [2.24, 2.45) is 0 Å². The molecule has 0 saturated carbocycles. The standard InChI is InChI=1S/C45H48BN3/c1-28-22-31(4)40(25-37-10-16-47-17-11-37)43(34(28)7)46(44-35(8)29(2)23-32(5)41(44)26-38-12-18-48-19-13-38)45-36(9)30(3)24-33(6)42(45)27-39-14-20-49-21-15-39/h10-24H,25-27H2,1-9H3. The van der Waals surface area contributed by atoms with Gasteiger partial charge in [0.05, 0.1) is 0 Å². The van der Waals surface area contributed by atoms with E-state index in [4.69, 9.17) is 0 Å². The van der Waals surface area contributed by atoms with Gasteiger partial charge in [0.25, 0.3) is 0 Å². The fraction of sp³-hybridized carbons (Fsp3) is 0.267. The van der Waals surface area contributed by atoms with Crippen LogP contribution in [0.4, 0.5) is 0 Å². The monoisotopic (exact) mass is 641 g/mol. The fourth-order valence-corrected chi connectivity index (χ4v) is 7.94. The number of rotatable bonds is 9. The summed E-state index contributed by atoms with van der Waals surface area (Å²) in [5, 5.41) is 0. The topological polar surface area (TPSA) is 38.7 Å². The van der Waals surface area contributed by atoms with Gasteiger partial charge in [0.15, 0.2) is 0 Å². The first-order valence-corrected chi connectivity index (χ1v) is 17.5. The first-order chi connectivity index (χ1) is 23.5. The Morgan fingerprint density at radius 1 is 0.367 bits per heavy atom. The Hall–Kier alpha value is -4.83. The molecule has 0 spiro atoms. The molecule has 0 bridgehead atoms. The summed E-state index contributed by atoms with van der Waals surface area (Å²) in [6, 6.07) is 20.2. The second kappa shape index (κ2) is 14.3. The molecule has 3 aromatic carbocycles. The lowest BCUT2D eigenvalue weighted by atomic mass is 9.32. The van der Waals surface area contributed by atoms with Crippen molar-refractivity contribution in [2.75, 3.05) is 0 Å². The maximum atomic E-state index is 4.35. The Balaban J connectivity index is 1.77. The quantitative estimate of drug-likeness (QED) is 0.151. The lowest BCUT2D eigenvalue weighted by Gasteiger charge is -2.32. The van der Waals surface area contributed by atoms with E-state index in [2.05, 4.69) is 132 Å². The van der Waals surface area contributed by atoms with Gasteiger partial charge in [0.2, 0.25) is 6.71 Å². The van der Waals surface area contributed by atoms with Crippen LogP contribution in [0, 0.1) is 62.3 Å². The molecule has 0 aliphatic rings. The Labute approximate surface area is 294 Å². The summed E-state index contributed by atoms with van der Waals surface area (Å²) >= 11 is 0. The first kappa shape index (κ1) is 34.1. The molecule has 0 aliphatic carbocycles. The zero-order chi connectivity index (χ0) is 34.8. The molecule has 0 radical (unpaired) electrons. The van der Waals surface area contributed by atoms with E-state index in [-0.39, 0.29) is 6.71 Å². The smallest absolute Gasteiger partial charge is 0.243 e. The third-order valence-electron chi connectivity index (χ3n) is 10.9. The number of aromatic nitrogens is 3. The zero-order valence-corrected chi connectivity index (χ0v) is 30.7. The lowest BCUT2D eigenvalue weighted by Crippen LogP contribution is -2.59. The van der Waals surface area contributed by atoms with Crippen molar-refractivity contribution in [1.29, 1.82) is 0 Å². The molecule has 3 heterocycles. The van der Waals surface area contributed by atoms with Crippen LogP contribution in [0.2, 0.25) is 0 Å². The summed E-state index contributed by atoms with van der Waals surface area (Å²) in [4.78, 5) is 13.0. The summed E-state index contributed by atoms with van der Waals surface area (Å²) in [5.41, 5.74) is 24.6. The first-order valence-electron chi connectivity index (χ1n) is 17.5. The summed E-state index contributed by atoms with van der Waals surface area (Å²) < 4.78 is 0. The van der Waals surface area contributed by atoms with E-state index in [0.29, 0.717) is 0 Å². The minimum Gasteiger partial charge on any atom is -0.265 e. The van der Waals surface area contributed by atoms with Crippen LogP contribution in [0.25, 0.3) is 0 Å². The van der Waals surface area contributed by atoms with Crippen molar-refractivity contribution in [2.45, 2.75) is 81.6 Å². The summed E-state index contributed by atoms with van der Waals surface area (Å²) in [5.74, 6) is 0. The Morgan fingerprint density at radius 3 is 0.857 bits per heavy atom. The van der Waals surface area contributed by atoms with E-state index >= 15 is 0 Å². The lowest BCUT2D eigenvalue weighted by molar-refractivity contribution is 1.12. The molecular weight excluding hydrogens is 593 g/mol. The van der Waals surface area contributed by atoms with Gasteiger partial charge >= 0.3 is 0 Å². The molecule has 0 unspecified atom stereocenters. The van der Waals surface area contributed by atoms with Crippen molar-refractivity contribution in [3.05, 3.63) is 175 Å². The predicted molar refractivity (Wildman–Crippen MR) is 208 cm³/mol. The molecule has 3 nitrogen and oxygen atoms in total. The second-order valence-corrected chi connectivity index (χ2v) is 14.1. The Bertz CT molecular complexity index is 1880. The van der Waals surface area contributed by atoms with Crippen molar-refractivity contribution < 1.29 is 0 Å². The number of hydrogen-bond donors (Lipinski definition) is 0. The van der Waals surface area contributed by atoms with E-state index < -0.39 is 0 Å². The third-order valence-corrected chi connectivity index (χ3v) is 10.9. The van der Waals surface area contributed by atoms with Gasteiger partial charge in [0.1, 0.15) is 0 Å². The fourth-order valence-electron chi connectivity index (χ4n) is 7.94. The van der Waals surface area contributed by atoms with Crippen LogP contribution in [0.5, 0.6) is 0 Å². The van der Waals surface area contributed by atoms with E-state index in [1.54, 1.807) is 0 Å². The summed E-state index contributed by atoms with van der Waals surface area (Å²) in [7, 11) is 0. The molecule has 0 amide bonds. The maximum absolute atomic E-state index is 4.35. The van der Waals surface area contributed by atoms with Crippen molar-refractivity contribution in [1.82, 2.24) is 15.0 Å². The number of pyridine rings is 3. The molecule has 4 heteroatoms. The normalized spacial score (nSPS) is 11.2. The second-order valence-electron chi connectivity index (χ2n) is 14.1. The largest absolute Gasteiger partial charge is 0.265 e. The Kier molecular flexibility index (Phi) is 9.97. The molecule has 246 valence electrons. The minimum absolute atomic E-state index is 0.0290. The van der Waals surface area contributed by atoms with Crippen molar-refractivity contribution in [3.8, 4) is 0 Å². The molecule has 49 heavy (non-hydrogen) atoms. The Morgan fingerprint density at radius 2 is 0.612 bits per heavy atom. The zero-order valence-electron chi connectivity index (χ0n) is 30.7. The van der Waals surface area contributed by atoms with Gasteiger partial charge < -0.3 is 0 Å². The van der Waals surface area contributed by atoms with Gasteiger partial charge in [0, 0.05) is 37.2 Å². The molecule has 0 aliphatic heterocycles. The number of nitrogens with zero attached hydrogens (tertiary/aromatic N) is 3. The SMILES string of the molecule is Cc1cc(C)c(Cc2ccncc2)c(B(c2c(C)c(C)cc(C)c2Cc2ccncc2)c2c(C)c(C)cc(C)c2Cc2ccncc2)c1C. The van der Waals surface area contributed by atoms with Crippen molar-refractivity contribution >= 4 is 23.1 Å². The number of hydrogen-bond acceptors (Lipinski definition) is 3. The van der Waals surface area contributed by atoms with Crippen LogP contribution >= 0.6 is 0 Å². The van der Waals surface area contributed by atoms with E-state index in [1.165, 1.54) is 99.8 Å². The van der Waals surface area contributed by atoms with Crippen LogP contribution in [-0.2, 0) is 19.3 Å². The maximum Gasteiger partial charge on any atom is 0.243 e. The molecular formula is C45H48BN3. The third kappa shape index (κ3) is 6.88. The van der Waals surface area contributed by atoms with E-state index in [9.17, 15) is 0 Å². The summed E-state index contributed by atoms with van der Waals surface area (Å²) in [6.07, 6.45) is 14.1. The van der Waals surface area contributed by atoms with Crippen LogP contribution in [0.15, 0.2) is 91.8 Å². The number of benzene rings is 3. The molecule has 0 N–H and O–H groups in total. The van der Waals surface area contributed by atoms with Gasteiger partial charge in [-0.2, -0.15) is 0 Å². The van der Waals surface area contributed by atoms with Crippen molar-refractivity contribution in [3.63, 3.8) is 0 Å². The summed E-state index contributed by atoms with van der Waals surface area (Å²) in [6.45, 7) is 20.9. The van der Waals surface area contributed by atoms with Crippen LogP contribution < -0.4 is 16.4 Å². The van der Waals surface area contributed by atoms with Gasteiger partial charge in [-0.15, -0.1) is 0 Å². The van der Waals surface area contributed by atoms with Gasteiger partial charge in [-0.05, 0) is 185 Å². The molecule has 0 saturated heterocycles. The molecule has 6 rings (SSSR count). The highest BCUT2D eigenvalue weighted by atomic mass is 14.6.